The third-order valence-electron chi connectivity index (χ3n) is 3.67. The minimum Gasteiger partial charge on any atom is -0.465 e. The summed E-state index contributed by atoms with van der Waals surface area (Å²) in [6.07, 6.45) is 7.60. The zero-order valence-electron chi connectivity index (χ0n) is 11.8. The first kappa shape index (κ1) is 14.1. The Morgan fingerprint density at radius 1 is 1.58 bits per heavy atom. The van der Waals surface area contributed by atoms with Crippen molar-refractivity contribution in [2.45, 2.75) is 51.6 Å². The Morgan fingerprint density at radius 2 is 2.32 bits per heavy atom. The Labute approximate surface area is 114 Å². The van der Waals surface area contributed by atoms with Crippen molar-refractivity contribution in [2.24, 2.45) is 11.7 Å². The zero-order chi connectivity index (χ0) is 13.9. The highest BCUT2D eigenvalue weighted by atomic mass is 16.5. The second kappa shape index (κ2) is 5.74. The number of carbonyl (C=O) groups excluding carboxylic acids is 1. The second-order valence-electron chi connectivity index (χ2n) is 5.26. The van der Waals surface area contributed by atoms with Crippen LogP contribution in [0.2, 0.25) is 0 Å². The molecule has 2 N–H and O–H groups in total. The Kier molecular flexibility index (Phi) is 4.24. The summed E-state index contributed by atoms with van der Waals surface area (Å²) in [6.45, 7) is 4.76. The lowest BCUT2D eigenvalue weighted by molar-refractivity contribution is -0.151. The molecular weight excluding hydrogens is 242 g/mol. The number of rotatable bonds is 7. The van der Waals surface area contributed by atoms with Crippen LogP contribution in [0.15, 0.2) is 12.4 Å². The van der Waals surface area contributed by atoms with Crippen LogP contribution in [0.4, 0.5) is 0 Å². The normalized spacial score (nSPS) is 18.1. The first-order chi connectivity index (χ1) is 9.11. The monoisotopic (exact) mass is 265 g/mol. The van der Waals surface area contributed by atoms with Crippen LogP contribution >= 0.6 is 0 Å². The summed E-state index contributed by atoms with van der Waals surface area (Å²) in [4.78, 5) is 16.5. The van der Waals surface area contributed by atoms with Gasteiger partial charge >= 0.3 is 5.97 Å². The predicted octanol–water partition coefficient (Wildman–Crippen LogP) is 1.51. The SMILES string of the molecule is CCCc1nccn1CC(N)(C(=O)OCC)C1CC1. The maximum atomic E-state index is 12.2. The van der Waals surface area contributed by atoms with E-state index in [1.807, 2.05) is 17.7 Å². The van der Waals surface area contributed by atoms with Crippen molar-refractivity contribution < 1.29 is 9.53 Å². The molecule has 19 heavy (non-hydrogen) atoms. The molecule has 0 amide bonds. The highest BCUT2D eigenvalue weighted by molar-refractivity contribution is 5.81. The quantitative estimate of drug-likeness (QED) is 0.759. The van der Waals surface area contributed by atoms with Crippen LogP contribution in [-0.2, 0) is 22.5 Å². The minimum atomic E-state index is -0.904. The van der Waals surface area contributed by atoms with E-state index in [1.54, 1.807) is 6.20 Å². The first-order valence-electron chi connectivity index (χ1n) is 7.08. The van der Waals surface area contributed by atoms with Crippen LogP contribution in [0.1, 0.15) is 38.9 Å². The van der Waals surface area contributed by atoms with Crippen molar-refractivity contribution in [1.29, 1.82) is 0 Å². The lowest BCUT2D eigenvalue weighted by Gasteiger charge is -2.28. The fourth-order valence-electron chi connectivity index (χ4n) is 2.44. The molecule has 0 bridgehead atoms. The van der Waals surface area contributed by atoms with Gasteiger partial charge in [0.2, 0.25) is 0 Å². The van der Waals surface area contributed by atoms with E-state index < -0.39 is 5.54 Å². The Morgan fingerprint density at radius 3 is 2.89 bits per heavy atom. The molecule has 1 aliphatic carbocycles. The second-order valence-corrected chi connectivity index (χ2v) is 5.26. The van der Waals surface area contributed by atoms with Crippen molar-refractivity contribution >= 4 is 5.97 Å². The van der Waals surface area contributed by atoms with E-state index in [9.17, 15) is 4.79 Å². The maximum absolute atomic E-state index is 12.2. The van der Waals surface area contributed by atoms with Gasteiger partial charge in [-0.25, -0.2) is 9.78 Å². The molecule has 5 nitrogen and oxygen atoms in total. The maximum Gasteiger partial charge on any atom is 0.328 e. The molecule has 1 unspecified atom stereocenters. The van der Waals surface area contributed by atoms with Gasteiger partial charge in [-0.3, -0.25) is 0 Å². The molecule has 106 valence electrons. The number of ether oxygens (including phenoxy) is 1. The van der Waals surface area contributed by atoms with Gasteiger partial charge in [-0.05, 0) is 32.1 Å². The van der Waals surface area contributed by atoms with Gasteiger partial charge in [0, 0.05) is 18.8 Å². The van der Waals surface area contributed by atoms with Gasteiger partial charge in [0.25, 0.3) is 0 Å². The van der Waals surface area contributed by atoms with Gasteiger partial charge in [0.05, 0.1) is 13.2 Å². The van der Waals surface area contributed by atoms with E-state index in [0.29, 0.717) is 13.2 Å². The largest absolute Gasteiger partial charge is 0.465 e. The van der Waals surface area contributed by atoms with E-state index in [1.165, 1.54) is 0 Å². The predicted molar refractivity (Wildman–Crippen MR) is 72.5 cm³/mol. The van der Waals surface area contributed by atoms with Crippen LogP contribution in [-0.4, -0.2) is 27.7 Å². The number of imidazole rings is 1. The van der Waals surface area contributed by atoms with Gasteiger partial charge < -0.3 is 15.0 Å². The fraction of sp³-hybridized carbons (Fsp3) is 0.714. The number of nitrogens with two attached hydrogens (primary N) is 1. The number of nitrogens with zero attached hydrogens (tertiary/aromatic N) is 2. The molecule has 1 aliphatic rings. The van der Waals surface area contributed by atoms with Crippen LogP contribution < -0.4 is 5.73 Å². The minimum absolute atomic E-state index is 0.239. The topological polar surface area (TPSA) is 70.1 Å². The van der Waals surface area contributed by atoms with Crippen molar-refractivity contribution in [3.8, 4) is 0 Å². The average molecular weight is 265 g/mol. The van der Waals surface area contributed by atoms with Crippen LogP contribution in [0, 0.1) is 5.92 Å². The average Bonchev–Trinajstić information content (AvgIpc) is 3.15. The lowest BCUT2D eigenvalue weighted by atomic mass is 9.94. The number of aryl methyl sites for hydroxylation is 1. The first-order valence-corrected chi connectivity index (χ1v) is 7.08. The molecule has 1 aromatic rings. The number of aromatic nitrogens is 2. The summed E-state index contributed by atoms with van der Waals surface area (Å²) in [5.41, 5.74) is 5.46. The number of esters is 1. The van der Waals surface area contributed by atoms with Crippen molar-refractivity contribution in [3.63, 3.8) is 0 Å². The van der Waals surface area contributed by atoms with E-state index in [4.69, 9.17) is 10.5 Å². The molecule has 1 aromatic heterocycles. The van der Waals surface area contributed by atoms with Gasteiger partial charge in [-0.15, -0.1) is 0 Å². The van der Waals surface area contributed by atoms with Crippen molar-refractivity contribution in [2.75, 3.05) is 6.61 Å². The summed E-state index contributed by atoms with van der Waals surface area (Å²) in [6, 6.07) is 0. The summed E-state index contributed by atoms with van der Waals surface area (Å²) in [7, 11) is 0. The Hall–Kier alpha value is -1.36. The molecule has 1 fully saturated rings. The highest BCUT2D eigenvalue weighted by Gasteiger charge is 2.49. The number of hydrogen-bond acceptors (Lipinski definition) is 4. The van der Waals surface area contributed by atoms with Gasteiger partial charge in [-0.1, -0.05) is 6.92 Å². The summed E-state index contributed by atoms with van der Waals surface area (Å²) in [5, 5.41) is 0. The molecule has 5 heteroatoms. The number of hydrogen-bond donors (Lipinski definition) is 1. The highest BCUT2D eigenvalue weighted by Crippen LogP contribution is 2.40. The van der Waals surface area contributed by atoms with Crippen LogP contribution in [0.3, 0.4) is 0 Å². The smallest absolute Gasteiger partial charge is 0.328 e. The summed E-state index contributed by atoms with van der Waals surface area (Å²) >= 11 is 0. The molecule has 1 atom stereocenters. The Bertz CT molecular complexity index is 440. The molecular formula is C14H23N3O2. The number of carbonyl (C=O) groups is 1. The Balaban J connectivity index is 2.16. The fourth-order valence-corrected chi connectivity index (χ4v) is 2.44. The lowest BCUT2D eigenvalue weighted by Crippen LogP contribution is -2.54. The molecule has 0 aromatic carbocycles. The summed E-state index contributed by atoms with van der Waals surface area (Å²) < 4.78 is 7.16. The van der Waals surface area contributed by atoms with Gasteiger partial charge in [-0.2, -0.15) is 0 Å². The standard InChI is InChI=1S/C14H23N3O2/c1-3-5-12-16-8-9-17(12)10-14(15,11-6-7-11)13(18)19-4-2/h8-9,11H,3-7,10,15H2,1-2H3. The zero-order valence-corrected chi connectivity index (χ0v) is 11.8. The van der Waals surface area contributed by atoms with Gasteiger partial charge in [0.15, 0.2) is 0 Å². The third-order valence-corrected chi connectivity index (χ3v) is 3.67. The molecule has 0 saturated heterocycles. The van der Waals surface area contributed by atoms with Crippen molar-refractivity contribution in [3.05, 3.63) is 18.2 Å². The van der Waals surface area contributed by atoms with E-state index in [2.05, 4.69) is 11.9 Å². The van der Waals surface area contributed by atoms with Crippen LogP contribution in [0.5, 0.6) is 0 Å². The third kappa shape index (κ3) is 2.97. The van der Waals surface area contributed by atoms with E-state index >= 15 is 0 Å². The van der Waals surface area contributed by atoms with Crippen molar-refractivity contribution in [1.82, 2.24) is 9.55 Å². The summed E-state index contributed by atoms with van der Waals surface area (Å²) in [5.74, 6) is 0.944. The van der Waals surface area contributed by atoms with Crippen LogP contribution in [0.25, 0.3) is 0 Å². The van der Waals surface area contributed by atoms with Gasteiger partial charge in [0.1, 0.15) is 11.4 Å². The molecule has 0 radical (unpaired) electrons. The van der Waals surface area contributed by atoms with E-state index in [-0.39, 0.29) is 11.9 Å². The molecule has 1 saturated carbocycles. The molecule has 2 rings (SSSR count). The molecule has 1 heterocycles. The van der Waals surface area contributed by atoms with E-state index in [0.717, 1.165) is 31.5 Å². The molecule has 0 spiro atoms. The molecule has 0 aliphatic heterocycles.